The van der Waals surface area contributed by atoms with E-state index in [2.05, 4.69) is 19.8 Å². The molecule has 0 bridgehead atoms. The minimum atomic E-state index is -3.08. The number of benzene rings is 1. The first-order valence-corrected chi connectivity index (χ1v) is 12.4. The molecule has 1 aromatic carbocycles. The van der Waals surface area contributed by atoms with Gasteiger partial charge in [-0.1, -0.05) is 18.5 Å². The minimum absolute atomic E-state index is 0.123. The number of alkyl halides is 2. The fraction of sp³-hybridized carbons (Fsp3) is 0.385. The number of fused-ring (bicyclic) bond motifs is 1. The van der Waals surface area contributed by atoms with Crippen LogP contribution in [-0.2, 0) is 0 Å². The molecule has 0 saturated heterocycles. The lowest BCUT2D eigenvalue weighted by molar-refractivity contribution is -0.0505. The van der Waals surface area contributed by atoms with Crippen LogP contribution in [0.15, 0.2) is 36.8 Å². The molecule has 1 aliphatic carbocycles. The molecule has 1 atom stereocenters. The lowest BCUT2D eigenvalue weighted by Gasteiger charge is -2.25. The van der Waals surface area contributed by atoms with Crippen molar-refractivity contribution in [3.63, 3.8) is 0 Å². The Labute approximate surface area is 216 Å². The van der Waals surface area contributed by atoms with Crippen molar-refractivity contribution in [2.75, 3.05) is 7.11 Å². The standard InChI is InChI=1S/C26H26ClF3N4O3/c1-13(22-21(37-26(29)30)8-7-20(28)23(22)27)18-11-32-24-17(18)9-14(10-31-24)19-12-34(33-25(19)36-2)15-3-5-16(35)6-4-15/h7-13,15-16,26,35H,3-6H2,1-2H3,(H,31,32). The summed E-state index contributed by atoms with van der Waals surface area (Å²) < 4.78 is 52.5. The van der Waals surface area contributed by atoms with Crippen molar-refractivity contribution in [3.8, 4) is 22.8 Å². The second-order valence-corrected chi connectivity index (χ2v) is 9.61. The summed E-state index contributed by atoms with van der Waals surface area (Å²) in [6.45, 7) is -1.34. The number of hydrogen-bond acceptors (Lipinski definition) is 5. The Morgan fingerprint density at radius 2 is 1.97 bits per heavy atom. The van der Waals surface area contributed by atoms with Gasteiger partial charge in [0.25, 0.3) is 0 Å². The number of nitrogens with one attached hydrogen (secondary N) is 1. The van der Waals surface area contributed by atoms with Gasteiger partial charge in [0, 0.05) is 41.0 Å². The highest BCUT2D eigenvalue weighted by molar-refractivity contribution is 6.31. The second kappa shape index (κ2) is 10.3. The van der Waals surface area contributed by atoms with Crippen molar-refractivity contribution in [1.82, 2.24) is 19.7 Å². The van der Waals surface area contributed by atoms with E-state index in [0.717, 1.165) is 48.9 Å². The quantitative estimate of drug-likeness (QED) is 0.284. The molecule has 5 rings (SSSR count). The average molecular weight is 535 g/mol. The summed E-state index contributed by atoms with van der Waals surface area (Å²) in [5.41, 5.74) is 2.87. The van der Waals surface area contributed by atoms with Crippen molar-refractivity contribution in [2.45, 2.75) is 57.3 Å². The number of methoxy groups -OCH3 is 1. The Balaban J connectivity index is 1.55. The molecule has 1 aliphatic rings. The number of aliphatic hydroxyl groups excluding tert-OH is 1. The summed E-state index contributed by atoms with van der Waals surface area (Å²) in [4.78, 5) is 7.62. The SMILES string of the molecule is COc1nn(C2CCC(O)CC2)cc1-c1cnc2[nH]cc(C(C)c3c(OC(F)F)ccc(F)c3Cl)c2c1. The van der Waals surface area contributed by atoms with Crippen LogP contribution < -0.4 is 9.47 Å². The van der Waals surface area contributed by atoms with Crippen LogP contribution in [0, 0.1) is 5.82 Å². The minimum Gasteiger partial charge on any atom is -0.479 e. The van der Waals surface area contributed by atoms with Gasteiger partial charge in [0.2, 0.25) is 5.88 Å². The third-order valence-corrected chi connectivity index (χ3v) is 7.40. The first-order valence-electron chi connectivity index (χ1n) is 12.0. The third kappa shape index (κ3) is 4.87. The van der Waals surface area contributed by atoms with E-state index >= 15 is 0 Å². The van der Waals surface area contributed by atoms with Gasteiger partial charge in [-0.15, -0.1) is 5.10 Å². The normalized spacial score (nSPS) is 18.9. The molecule has 196 valence electrons. The number of aromatic amines is 1. The Kier molecular flexibility index (Phi) is 7.04. The summed E-state index contributed by atoms with van der Waals surface area (Å²) in [6, 6.07) is 4.22. The van der Waals surface area contributed by atoms with E-state index in [9.17, 15) is 18.3 Å². The van der Waals surface area contributed by atoms with Gasteiger partial charge in [-0.25, -0.2) is 9.37 Å². The molecule has 1 fully saturated rings. The molecule has 3 aromatic heterocycles. The molecule has 4 aromatic rings. The number of rotatable bonds is 7. The van der Waals surface area contributed by atoms with Crippen LogP contribution in [0.25, 0.3) is 22.2 Å². The number of pyridine rings is 1. The van der Waals surface area contributed by atoms with Crippen LogP contribution in [-0.4, -0.2) is 44.7 Å². The molecule has 7 nitrogen and oxygen atoms in total. The zero-order chi connectivity index (χ0) is 26.3. The van der Waals surface area contributed by atoms with Gasteiger partial charge in [0.15, 0.2) is 0 Å². The Morgan fingerprint density at radius 3 is 2.68 bits per heavy atom. The summed E-state index contributed by atoms with van der Waals surface area (Å²) in [5, 5.41) is 14.9. The summed E-state index contributed by atoms with van der Waals surface area (Å²) >= 11 is 6.23. The van der Waals surface area contributed by atoms with Crippen molar-refractivity contribution < 1.29 is 27.8 Å². The van der Waals surface area contributed by atoms with Crippen molar-refractivity contribution in [2.24, 2.45) is 0 Å². The molecule has 2 N–H and O–H groups in total. The Hall–Kier alpha value is -3.24. The third-order valence-electron chi connectivity index (χ3n) is 7.01. The van der Waals surface area contributed by atoms with Crippen LogP contribution in [0.5, 0.6) is 11.6 Å². The average Bonchev–Trinajstić information content (AvgIpc) is 3.50. The van der Waals surface area contributed by atoms with Crippen LogP contribution in [0.3, 0.4) is 0 Å². The number of H-pyrrole nitrogens is 1. The van der Waals surface area contributed by atoms with E-state index in [1.807, 2.05) is 16.9 Å². The number of nitrogens with zero attached hydrogens (tertiary/aromatic N) is 3. The molecule has 0 radical (unpaired) electrons. The number of aromatic nitrogens is 4. The van der Waals surface area contributed by atoms with E-state index in [1.165, 1.54) is 0 Å². The second-order valence-electron chi connectivity index (χ2n) is 9.23. The fourth-order valence-electron chi connectivity index (χ4n) is 5.07. The molecule has 0 aliphatic heterocycles. The molecule has 0 amide bonds. The maximum atomic E-state index is 14.3. The lowest BCUT2D eigenvalue weighted by Crippen LogP contribution is -2.21. The topological polar surface area (TPSA) is 85.2 Å². The van der Waals surface area contributed by atoms with Crippen LogP contribution in [0.2, 0.25) is 5.02 Å². The molecular weight excluding hydrogens is 509 g/mol. The smallest absolute Gasteiger partial charge is 0.387 e. The number of aliphatic hydroxyl groups is 1. The fourth-order valence-corrected chi connectivity index (χ4v) is 5.39. The maximum absolute atomic E-state index is 14.3. The van der Waals surface area contributed by atoms with E-state index in [4.69, 9.17) is 16.3 Å². The van der Waals surface area contributed by atoms with Crippen LogP contribution >= 0.6 is 11.6 Å². The number of hydrogen-bond donors (Lipinski definition) is 2. The largest absolute Gasteiger partial charge is 0.479 e. The predicted octanol–water partition coefficient (Wildman–Crippen LogP) is 6.46. The van der Waals surface area contributed by atoms with Crippen LogP contribution in [0.1, 0.15) is 55.7 Å². The highest BCUT2D eigenvalue weighted by atomic mass is 35.5. The van der Waals surface area contributed by atoms with Crippen LogP contribution in [0.4, 0.5) is 13.2 Å². The lowest BCUT2D eigenvalue weighted by atomic mass is 9.91. The molecule has 1 unspecified atom stereocenters. The summed E-state index contributed by atoms with van der Waals surface area (Å²) in [5.74, 6) is -1.07. The monoisotopic (exact) mass is 534 g/mol. The zero-order valence-corrected chi connectivity index (χ0v) is 21.0. The van der Waals surface area contributed by atoms with E-state index in [-0.39, 0.29) is 28.5 Å². The molecule has 37 heavy (non-hydrogen) atoms. The van der Waals surface area contributed by atoms with Gasteiger partial charge < -0.3 is 19.6 Å². The first kappa shape index (κ1) is 25.4. The van der Waals surface area contributed by atoms with E-state index in [0.29, 0.717) is 22.5 Å². The molecular formula is C26H26ClF3N4O3. The maximum Gasteiger partial charge on any atom is 0.387 e. The molecule has 0 spiro atoms. The summed E-state index contributed by atoms with van der Waals surface area (Å²) in [7, 11) is 1.55. The number of ether oxygens (including phenoxy) is 2. The molecule has 3 heterocycles. The van der Waals surface area contributed by atoms with Crippen molar-refractivity contribution in [3.05, 3.63) is 58.8 Å². The van der Waals surface area contributed by atoms with E-state index < -0.39 is 18.3 Å². The van der Waals surface area contributed by atoms with E-state index in [1.54, 1.807) is 26.4 Å². The van der Waals surface area contributed by atoms with Crippen molar-refractivity contribution >= 4 is 22.6 Å². The van der Waals surface area contributed by atoms with Crippen molar-refractivity contribution in [1.29, 1.82) is 0 Å². The number of halogens is 4. The highest BCUT2D eigenvalue weighted by Crippen LogP contribution is 2.42. The van der Waals surface area contributed by atoms with Gasteiger partial charge in [-0.3, -0.25) is 4.68 Å². The predicted molar refractivity (Wildman–Crippen MR) is 133 cm³/mol. The molecule has 11 heteroatoms. The zero-order valence-electron chi connectivity index (χ0n) is 20.2. The highest BCUT2D eigenvalue weighted by Gasteiger charge is 2.26. The molecule has 1 saturated carbocycles. The Morgan fingerprint density at radius 1 is 1.22 bits per heavy atom. The van der Waals surface area contributed by atoms with Gasteiger partial charge >= 0.3 is 6.61 Å². The summed E-state index contributed by atoms with van der Waals surface area (Å²) in [6.07, 6.45) is 8.12. The van der Waals surface area contributed by atoms with Gasteiger partial charge in [-0.2, -0.15) is 8.78 Å². The first-order chi connectivity index (χ1) is 17.8. The Bertz CT molecular complexity index is 1420. The van der Waals surface area contributed by atoms with Gasteiger partial charge in [-0.05, 0) is 49.4 Å². The van der Waals surface area contributed by atoms with Gasteiger partial charge in [0.05, 0.1) is 29.8 Å². The van der Waals surface area contributed by atoms with Gasteiger partial charge in [0.1, 0.15) is 17.2 Å².